The monoisotopic (exact) mass is 234 g/mol. The molecule has 0 aliphatic rings. The van der Waals surface area contributed by atoms with Crippen molar-refractivity contribution in [1.82, 2.24) is 20.2 Å². The summed E-state index contributed by atoms with van der Waals surface area (Å²) >= 11 is 3.17. The number of hydrogen-bond acceptors (Lipinski definition) is 5. The van der Waals surface area contributed by atoms with Crippen LogP contribution in [0.4, 0.5) is 0 Å². The van der Waals surface area contributed by atoms with Gasteiger partial charge in [-0.1, -0.05) is 6.07 Å². The van der Waals surface area contributed by atoms with Gasteiger partial charge in [0.05, 0.1) is 10.4 Å². The number of thiazole rings is 1. The zero-order valence-electron chi connectivity index (χ0n) is 7.54. The molecule has 0 saturated heterocycles. The van der Waals surface area contributed by atoms with E-state index in [1.54, 1.807) is 16.8 Å². The molecule has 3 aromatic heterocycles. The first-order valence-corrected chi connectivity index (χ1v) is 6.10. The number of thiophene rings is 1. The van der Waals surface area contributed by atoms with Gasteiger partial charge < -0.3 is 0 Å². The van der Waals surface area contributed by atoms with E-state index in [-0.39, 0.29) is 0 Å². The third-order valence-electron chi connectivity index (χ3n) is 1.90. The molecule has 0 fully saturated rings. The molecule has 0 spiro atoms. The average molecular weight is 234 g/mol. The fourth-order valence-corrected chi connectivity index (χ4v) is 2.42. The molecular formula is C9H6N4S2. The van der Waals surface area contributed by atoms with Crippen LogP contribution >= 0.6 is 22.7 Å². The molecule has 4 nitrogen and oxygen atoms in total. The van der Waals surface area contributed by atoms with E-state index in [1.165, 1.54) is 11.3 Å². The van der Waals surface area contributed by atoms with Gasteiger partial charge in [-0.25, -0.2) is 9.97 Å². The van der Waals surface area contributed by atoms with E-state index >= 15 is 0 Å². The first-order valence-electron chi connectivity index (χ1n) is 4.28. The Morgan fingerprint density at radius 1 is 1.33 bits per heavy atom. The van der Waals surface area contributed by atoms with E-state index in [4.69, 9.17) is 0 Å². The Morgan fingerprint density at radius 3 is 3.07 bits per heavy atom. The van der Waals surface area contributed by atoms with Crippen molar-refractivity contribution in [2.75, 3.05) is 0 Å². The van der Waals surface area contributed by atoms with Crippen LogP contribution in [-0.4, -0.2) is 20.2 Å². The van der Waals surface area contributed by atoms with Crippen molar-refractivity contribution >= 4 is 22.7 Å². The predicted octanol–water partition coefficient (Wildman–Crippen LogP) is 2.66. The highest BCUT2D eigenvalue weighted by Crippen LogP contribution is 2.23. The summed E-state index contributed by atoms with van der Waals surface area (Å²) in [5.74, 6) is 1.45. The summed E-state index contributed by atoms with van der Waals surface area (Å²) in [6.45, 7) is 0. The maximum atomic E-state index is 4.38. The third kappa shape index (κ3) is 1.57. The summed E-state index contributed by atoms with van der Waals surface area (Å²) < 4.78 is 0. The summed E-state index contributed by atoms with van der Waals surface area (Å²) in [7, 11) is 0. The standard InChI is InChI=1S/C9H6N4S2/c1-2-7(15-3-1)9-11-8(12-13-9)6-4-14-5-10-6/h1-5H,(H,11,12,13). The van der Waals surface area contributed by atoms with Crippen LogP contribution in [0.3, 0.4) is 0 Å². The van der Waals surface area contributed by atoms with Gasteiger partial charge in [-0.15, -0.1) is 22.7 Å². The quantitative estimate of drug-likeness (QED) is 0.741. The summed E-state index contributed by atoms with van der Waals surface area (Å²) in [5, 5.41) is 11.0. The first-order chi connectivity index (χ1) is 7.43. The molecule has 3 heterocycles. The number of nitrogens with one attached hydrogen (secondary N) is 1. The Kier molecular flexibility index (Phi) is 2.08. The molecule has 0 radical (unpaired) electrons. The molecular weight excluding hydrogens is 228 g/mol. The van der Waals surface area contributed by atoms with Gasteiger partial charge in [0, 0.05) is 5.38 Å². The number of H-pyrrole nitrogens is 1. The number of rotatable bonds is 2. The minimum atomic E-state index is 0.652. The predicted molar refractivity (Wildman–Crippen MR) is 60.8 cm³/mol. The molecule has 0 amide bonds. The lowest BCUT2D eigenvalue weighted by Gasteiger charge is -1.85. The summed E-state index contributed by atoms with van der Waals surface area (Å²) in [6.07, 6.45) is 0. The molecule has 3 aromatic rings. The Morgan fingerprint density at radius 2 is 2.33 bits per heavy atom. The molecule has 0 atom stereocenters. The Balaban J connectivity index is 2.02. The van der Waals surface area contributed by atoms with E-state index < -0.39 is 0 Å². The molecule has 1 N–H and O–H groups in total. The molecule has 15 heavy (non-hydrogen) atoms. The van der Waals surface area contributed by atoms with Crippen LogP contribution in [0.25, 0.3) is 22.2 Å². The van der Waals surface area contributed by atoms with Crippen molar-refractivity contribution < 1.29 is 0 Å². The van der Waals surface area contributed by atoms with Crippen molar-refractivity contribution in [2.24, 2.45) is 0 Å². The van der Waals surface area contributed by atoms with Crippen LogP contribution in [0.1, 0.15) is 0 Å². The van der Waals surface area contributed by atoms with Gasteiger partial charge in [0.1, 0.15) is 5.69 Å². The second-order valence-corrected chi connectivity index (χ2v) is 4.52. The molecule has 0 aliphatic carbocycles. The normalized spacial score (nSPS) is 10.7. The fraction of sp³-hybridized carbons (Fsp3) is 0. The van der Waals surface area contributed by atoms with Crippen LogP contribution in [0.15, 0.2) is 28.4 Å². The maximum absolute atomic E-state index is 4.38. The Bertz CT molecular complexity index is 490. The lowest BCUT2D eigenvalue weighted by molar-refractivity contribution is 1.10. The Labute approximate surface area is 93.7 Å². The lowest BCUT2D eigenvalue weighted by atomic mass is 10.4. The number of nitrogens with zero attached hydrogens (tertiary/aromatic N) is 3. The molecule has 0 unspecified atom stereocenters. The smallest absolute Gasteiger partial charge is 0.200 e. The Hall–Kier alpha value is -1.53. The highest BCUT2D eigenvalue weighted by atomic mass is 32.1. The van der Waals surface area contributed by atoms with Gasteiger partial charge in [0.2, 0.25) is 5.82 Å². The highest BCUT2D eigenvalue weighted by Gasteiger charge is 2.09. The molecule has 6 heteroatoms. The molecule has 0 bridgehead atoms. The van der Waals surface area contributed by atoms with Crippen LogP contribution in [0.5, 0.6) is 0 Å². The molecule has 0 aliphatic heterocycles. The third-order valence-corrected chi connectivity index (χ3v) is 3.36. The van der Waals surface area contributed by atoms with Gasteiger partial charge in [-0.2, -0.15) is 5.10 Å². The van der Waals surface area contributed by atoms with E-state index in [9.17, 15) is 0 Å². The molecule has 3 rings (SSSR count). The van der Waals surface area contributed by atoms with Gasteiger partial charge in [-0.05, 0) is 11.4 Å². The van der Waals surface area contributed by atoms with E-state index in [2.05, 4.69) is 20.2 Å². The van der Waals surface area contributed by atoms with Gasteiger partial charge in [-0.3, -0.25) is 5.10 Å². The van der Waals surface area contributed by atoms with Crippen molar-refractivity contribution in [2.45, 2.75) is 0 Å². The van der Waals surface area contributed by atoms with Crippen LogP contribution in [-0.2, 0) is 0 Å². The van der Waals surface area contributed by atoms with Crippen LogP contribution in [0, 0.1) is 0 Å². The minimum Gasteiger partial charge on any atom is -0.258 e. The summed E-state index contributed by atoms with van der Waals surface area (Å²) in [5.41, 5.74) is 2.59. The number of hydrogen-bond donors (Lipinski definition) is 1. The molecule has 74 valence electrons. The van der Waals surface area contributed by atoms with Gasteiger partial charge >= 0.3 is 0 Å². The summed E-state index contributed by atoms with van der Waals surface area (Å²) in [4.78, 5) is 9.63. The van der Waals surface area contributed by atoms with Crippen molar-refractivity contribution in [3.63, 3.8) is 0 Å². The van der Waals surface area contributed by atoms with Crippen LogP contribution in [0.2, 0.25) is 0 Å². The minimum absolute atomic E-state index is 0.652. The zero-order valence-corrected chi connectivity index (χ0v) is 9.18. The second kappa shape index (κ2) is 3.56. The second-order valence-electron chi connectivity index (χ2n) is 2.86. The van der Waals surface area contributed by atoms with Gasteiger partial charge in [0.25, 0.3) is 0 Å². The van der Waals surface area contributed by atoms with Crippen molar-refractivity contribution in [3.8, 4) is 22.2 Å². The first kappa shape index (κ1) is 8.75. The van der Waals surface area contributed by atoms with Crippen molar-refractivity contribution in [1.29, 1.82) is 0 Å². The SMILES string of the molecule is c1csc(-c2nc(-c3cscn3)n[nH]2)c1. The molecule has 0 aromatic carbocycles. The van der Waals surface area contributed by atoms with E-state index in [0.717, 1.165) is 16.4 Å². The van der Waals surface area contributed by atoms with Crippen molar-refractivity contribution in [3.05, 3.63) is 28.4 Å². The fourth-order valence-electron chi connectivity index (χ4n) is 1.22. The lowest BCUT2D eigenvalue weighted by Crippen LogP contribution is -1.78. The van der Waals surface area contributed by atoms with Gasteiger partial charge in [0.15, 0.2) is 5.82 Å². The largest absolute Gasteiger partial charge is 0.258 e. The van der Waals surface area contributed by atoms with E-state index in [0.29, 0.717) is 5.82 Å². The summed E-state index contributed by atoms with van der Waals surface area (Å²) in [6, 6.07) is 4.00. The topological polar surface area (TPSA) is 54.5 Å². The highest BCUT2D eigenvalue weighted by molar-refractivity contribution is 7.13. The zero-order chi connectivity index (χ0) is 10.1. The number of aromatic amines is 1. The number of aromatic nitrogens is 4. The average Bonchev–Trinajstić information content (AvgIpc) is 3.02. The maximum Gasteiger partial charge on any atom is 0.200 e. The van der Waals surface area contributed by atoms with Crippen LogP contribution < -0.4 is 0 Å². The molecule has 0 saturated carbocycles. The van der Waals surface area contributed by atoms with E-state index in [1.807, 2.05) is 22.9 Å².